The molecule has 1 N–H and O–H groups in total. The molecule has 1 rings (SSSR count). The van der Waals surface area contributed by atoms with E-state index in [1.165, 1.54) is 0 Å². The second kappa shape index (κ2) is 6.80. The van der Waals surface area contributed by atoms with E-state index in [0.717, 1.165) is 12.8 Å². The molecule has 1 aromatic carbocycles. The van der Waals surface area contributed by atoms with Gasteiger partial charge in [-0.15, -0.1) is 0 Å². The van der Waals surface area contributed by atoms with Gasteiger partial charge in [-0.1, -0.05) is 24.9 Å². The van der Waals surface area contributed by atoms with Crippen molar-refractivity contribution in [3.63, 3.8) is 0 Å². The molecule has 3 nitrogen and oxygen atoms in total. The molecular weight excluding hydrogens is 262 g/mol. The van der Waals surface area contributed by atoms with Gasteiger partial charge in [0.1, 0.15) is 5.75 Å². The summed E-state index contributed by atoms with van der Waals surface area (Å²) in [5, 5.41) is 3.61. The molecule has 0 aliphatic heterocycles. The lowest BCUT2D eigenvalue weighted by Crippen LogP contribution is -2.49. The molecule has 106 valence electrons. The molecular formula is C15H22ClNO2. The number of hydrogen-bond donors (Lipinski definition) is 1. The fourth-order valence-electron chi connectivity index (χ4n) is 1.75. The SMILES string of the molecule is CCC[C@@H](C)NC(=O)C(C)(C)Oc1ccc(Cl)cc1. The number of rotatable bonds is 6. The first-order valence-corrected chi connectivity index (χ1v) is 6.98. The number of amides is 1. The van der Waals surface area contributed by atoms with Crippen LogP contribution in [-0.4, -0.2) is 17.6 Å². The van der Waals surface area contributed by atoms with Gasteiger partial charge in [0, 0.05) is 11.1 Å². The number of nitrogens with one attached hydrogen (secondary N) is 1. The smallest absolute Gasteiger partial charge is 0.263 e. The Balaban J connectivity index is 2.64. The lowest BCUT2D eigenvalue weighted by Gasteiger charge is -2.27. The van der Waals surface area contributed by atoms with Crippen LogP contribution in [0, 0.1) is 0 Å². The van der Waals surface area contributed by atoms with E-state index in [2.05, 4.69) is 12.2 Å². The second-order valence-corrected chi connectivity index (χ2v) is 5.67. The maximum Gasteiger partial charge on any atom is 0.263 e. The lowest BCUT2D eigenvalue weighted by molar-refractivity contribution is -0.134. The van der Waals surface area contributed by atoms with E-state index in [-0.39, 0.29) is 11.9 Å². The maximum atomic E-state index is 12.2. The Kier molecular flexibility index (Phi) is 5.67. The number of carbonyl (C=O) groups is 1. The summed E-state index contributed by atoms with van der Waals surface area (Å²) in [5.41, 5.74) is -0.907. The van der Waals surface area contributed by atoms with Crippen LogP contribution in [0.4, 0.5) is 0 Å². The highest BCUT2D eigenvalue weighted by Crippen LogP contribution is 2.21. The van der Waals surface area contributed by atoms with Gasteiger partial charge in [0.05, 0.1) is 0 Å². The molecule has 1 atom stereocenters. The fraction of sp³-hybridized carbons (Fsp3) is 0.533. The Bertz CT molecular complexity index is 415. The second-order valence-electron chi connectivity index (χ2n) is 5.23. The zero-order valence-electron chi connectivity index (χ0n) is 12.0. The minimum Gasteiger partial charge on any atom is -0.478 e. The van der Waals surface area contributed by atoms with Crippen molar-refractivity contribution in [1.29, 1.82) is 0 Å². The Morgan fingerprint density at radius 1 is 1.37 bits per heavy atom. The maximum absolute atomic E-state index is 12.2. The molecule has 1 aromatic rings. The van der Waals surface area contributed by atoms with Crippen molar-refractivity contribution in [2.24, 2.45) is 0 Å². The monoisotopic (exact) mass is 283 g/mol. The molecule has 0 aromatic heterocycles. The van der Waals surface area contributed by atoms with Gasteiger partial charge in [-0.3, -0.25) is 4.79 Å². The quantitative estimate of drug-likeness (QED) is 0.862. The molecule has 0 spiro atoms. The van der Waals surface area contributed by atoms with Crippen molar-refractivity contribution in [3.05, 3.63) is 29.3 Å². The van der Waals surface area contributed by atoms with Gasteiger partial charge in [-0.05, 0) is 51.5 Å². The first-order valence-electron chi connectivity index (χ1n) is 6.60. The molecule has 0 radical (unpaired) electrons. The Labute approximate surface area is 120 Å². The van der Waals surface area contributed by atoms with Crippen LogP contribution in [0.3, 0.4) is 0 Å². The summed E-state index contributed by atoms with van der Waals surface area (Å²) in [5.74, 6) is 0.524. The van der Waals surface area contributed by atoms with E-state index in [1.807, 2.05) is 6.92 Å². The molecule has 0 aliphatic rings. The van der Waals surface area contributed by atoms with E-state index in [9.17, 15) is 4.79 Å². The van der Waals surface area contributed by atoms with E-state index >= 15 is 0 Å². The summed E-state index contributed by atoms with van der Waals surface area (Å²) < 4.78 is 5.73. The van der Waals surface area contributed by atoms with Gasteiger partial charge in [-0.2, -0.15) is 0 Å². The number of halogens is 1. The summed E-state index contributed by atoms with van der Waals surface area (Å²) in [6.07, 6.45) is 2.00. The van der Waals surface area contributed by atoms with Crippen molar-refractivity contribution < 1.29 is 9.53 Å². The predicted molar refractivity (Wildman–Crippen MR) is 78.7 cm³/mol. The van der Waals surface area contributed by atoms with Crippen molar-refractivity contribution in [2.75, 3.05) is 0 Å². The van der Waals surface area contributed by atoms with Gasteiger partial charge in [0.25, 0.3) is 5.91 Å². The highest BCUT2D eigenvalue weighted by atomic mass is 35.5. The minimum atomic E-state index is -0.907. The van der Waals surface area contributed by atoms with Gasteiger partial charge < -0.3 is 10.1 Å². The largest absolute Gasteiger partial charge is 0.478 e. The fourth-order valence-corrected chi connectivity index (χ4v) is 1.87. The number of hydrogen-bond acceptors (Lipinski definition) is 2. The molecule has 1 amide bonds. The van der Waals surface area contributed by atoms with Crippen molar-refractivity contribution in [2.45, 2.75) is 52.2 Å². The van der Waals surface area contributed by atoms with E-state index in [4.69, 9.17) is 16.3 Å². The molecule has 0 bridgehead atoms. The molecule has 0 fully saturated rings. The minimum absolute atomic E-state index is 0.108. The summed E-state index contributed by atoms with van der Waals surface area (Å²) in [6, 6.07) is 7.15. The van der Waals surface area contributed by atoms with Crippen LogP contribution >= 0.6 is 11.6 Å². The van der Waals surface area contributed by atoms with Crippen LogP contribution < -0.4 is 10.1 Å². The zero-order valence-corrected chi connectivity index (χ0v) is 12.8. The summed E-state index contributed by atoms with van der Waals surface area (Å²) >= 11 is 5.81. The topological polar surface area (TPSA) is 38.3 Å². The van der Waals surface area contributed by atoms with Crippen molar-refractivity contribution in [3.8, 4) is 5.75 Å². The normalized spacial score (nSPS) is 12.9. The van der Waals surface area contributed by atoms with Crippen LogP contribution in [0.1, 0.15) is 40.5 Å². The Morgan fingerprint density at radius 2 is 1.95 bits per heavy atom. The van der Waals surface area contributed by atoms with Crippen LogP contribution in [0.2, 0.25) is 5.02 Å². The summed E-state index contributed by atoms with van der Waals surface area (Å²) in [7, 11) is 0. The lowest BCUT2D eigenvalue weighted by atomic mass is 10.1. The summed E-state index contributed by atoms with van der Waals surface area (Å²) in [6.45, 7) is 7.61. The Morgan fingerprint density at radius 3 is 2.47 bits per heavy atom. The molecule has 4 heteroatoms. The Hall–Kier alpha value is -1.22. The zero-order chi connectivity index (χ0) is 14.5. The average molecular weight is 284 g/mol. The van der Waals surface area contributed by atoms with E-state index in [1.54, 1.807) is 38.1 Å². The third-order valence-electron chi connectivity index (χ3n) is 2.83. The van der Waals surface area contributed by atoms with Gasteiger partial charge in [-0.25, -0.2) is 0 Å². The van der Waals surface area contributed by atoms with Crippen LogP contribution in [0.5, 0.6) is 5.75 Å². The van der Waals surface area contributed by atoms with Crippen molar-refractivity contribution in [1.82, 2.24) is 5.32 Å². The van der Waals surface area contributed by atoms with E-state index < -0.39 is 5.60 Å². The first-order chi connectivity index (χ1) is 8.85. The third kappa shape index (κ3) is 5.11. The molecule has 0 heterocycles. The van der Waals surface area contributed by atoms with Crippen LogP contribution in [0.15, 0.2) is 24.3 Å². The van der Waals surface area contributed by atoms with Gasteiger partial charge >= 0.3 is 0 Å². The standard InChI is InChI=1S/C15H22ClNO2/c1-5-6-11(2)17-14(18)15(3,4)19-13-9-7-12(16)8-10-13/h7-11H,5-6H2,1-4H3,(H,17,18)/t11-/m1/s1. The highest BCUT2D eigenvalue weighted by molar-refractivity contribution is 6.30. The summed E-state index contributed by atoms with van der Waals surface area (Å²) in [4.78, 5) is 12.2. The molecule has 19 heavy (non-hydrogen) atoms. The van der Waals surface area contributed by atoms with E-state index in [0.29, 0.717) is 10.8 Å². The average Bonchev–Trinajstić information content (AvgIpc) is 2.32. The van der Waals surface area contributed by atoms with Gasteiger partial charge in [0.2, 0.25) is 0 Å². The molecule has 0 aliphatic carbocycles. The van der Waals surface area contributed by atoms with Crippen LogP contribution in [-0.2, 0) is 4.79 Å². The van der Waals surface area contributed by atoms with Gasteiger partial charge in [0.15, 0.2) is 5.60 Å². The number of benzene rings is 1. The molecule has 0 saturated carbocycles. The number of carbonyl (C=O) groups excluding carboxylic acids is 1. The first kappa shape index (κ1) is 15.8. The third-order valence-corrected chi connectivity index (χ3v) is 3.08. The molecule has 0 unspecified atom stereocenters. The van der Waals surface area contributed by atoms with Crippen LogP contribution in [0.25, 0.3) is 0 Å². The van der Waals surface area contributed by atoms with Crippen molar-refractivity contribution >= 4 is 17.5 Å². The number of ether oxygens (including phenoxy) is 1. The highest BCUT2D eigenvalue weighted by Gasteiger charge is 2.30. The predicted octanol–water partition coefficient (Wildman–Crippen LogP) is 3.80. The molecule has 0 saturated heterocycles.